The lowest BCUT2D eigenvalue weighted by molar-refractivity contribution is -0.137. The van der Waals surface area contributed by atoms with Gasteiger partial charge < -0.3 is 5.32 Å². The van der Waals surface area contributed by atoms with Gasteiger partial charge in [-0.25, -0.2) is 0 Å². The van der Waals surface area contributed by atoms with Crippen molar-refractivity contribution < 1.29 is 18.0 Å². The lowest BCUT2D eigenvalue weighted by Gasteiger charge is -2.24. The van der Waals surface area contributed by atoms with Gasteiger partial charge in [-0.1, -0.05) is 19.9 Å². The highest BCUT2D eigenvalue weighted by atomic mass is 32.1. The topological polar surface area (TPSA) is 29.1 Å². The first-order valence-electron chi connectivity index (χ1n) is 6.68. The number of halogens is 3. The average molecular weight is 327 g/mol. The molecule has 0 radical (unpaired) electrons. The Morgan fingerprint density at radius 2 is 1.91 bits per heavy atom. The van der Waals surface area contributed by atoms with Crippen molar-refractivity contribution in [1.82, 2.24) is 5.32 Å². The highest BCUT2D eigenvalue weighted by Gasteiger charge is 2.31. The number of alkyl halides is 3. The Morgan fingerprint density at radius 3 is 2.50 bits per heavy atom. The third-order valence-corrected chi connectivity index (χ3v) is 4.13. The van der Waals surface area contributed by atoms with Gasteiger partial charge in [-0.2, -0.15) is 24.5 Å². The van der Waals surface area contributed by atoms with Crippen LogP contribution in [-0.2, 0) is 11.6 Å². The Kier molecular flexibility index (Phi) is 4.60. The van der Waals surface area contributed by atoms with Gasteiger partial charge in [0.15, 0.2) is 0 Å². The number of carbonyl (C=O) groups is 1. The van der Waals surface area contributed by atoms with E-state index in [4.69, 9.17) is 0 Å². The molecule has 0 unspecified atom stereocenters. The van der Waals surface area contributed by atoms with E-state index < -0.39 is 17.6 Å². The summed E-state index contributed by atoms with van der Waals surface area (Å²) < 4.78 is 38.0. The van der Waals surface area contributed by atoms with E-state index >= 15 is 0 Å². The van der Waals surface area contributed by atoms with Gasteiger partial charge in [0.25, 0.3) is 5.91 Å². The number of amides is 1. The largest absolute Gasteiger partial charge is 0.416 e. The van der Waals surface area contributed by atoms with Crippen LogP contribution < -0.4 is 5.32 Å². The molecule has 6 heteroatoms. The normalized spacial score (nSPS) is 12.2. The zero-order valence-corrected chi connectivity index (χ0v) is 13.0. The van der Waals surface area contributed by atoms with Crippen molar-refractivity contribution in [3.63, 3.8) is 0 Å². The van der Waals surface area contributed by atoms with Crippen LogP contribution in [0.4, 0.5) is 13.2 Å². The number of thiophene rings is 1. The van der Waals surface area contributed by atoms with E-state index in [9.17, 15) is 18.0 Å². The molecule has 0 saturated heterocycles. The molecule has 1 heterocycles. The number of nitrogens with one attached hydrogen (secondary N) is 1. The summed E-state index contributed by atoms with van der Waals surface area (Å²) in [6.45, 7) is 4.29. The Morgan fingerprint density at radius 1 is 1.18 bits per heavy atom. The second-order valence-electron chi connectivity index (χ2n) is 5.66. The molecule has 0 fully saturated rings. The van der Waals surface area contributed by atoms with E-state index in [2.05, 4.69) is 5.32 Å². The molecule has 1 N–H and O–H groups in total. The third kappa shape index (κ3) is 3.88. The van der Waals surface area contributed by atoms with Crippen LogP contribution in [0.15, 0.2) is 41.1 Å². The zero-order chi connectivity index (χ0) is 16.4. The van der Waals surface area contributed by atoms with Crippen molar-refractivity contribution in [2.24, 2.45) is 0 Å². The lowest BCUT2D eigenvalue weighted by atomic mass is 9.86. The molecule has 2 nitrogen and oxygen atoms in total. The molecule has 0 saturated carbocycles. The van der Waals surface area contributed by atoms with Gasteiger partial charge in [0.2, 0.25) is 0 Å². The third-order valence-electron chi connectivity index (χ3n) is 3.45. The van der Waals surface area contributed by atoms with Crippen LogP contribution in [0, 0.1) is 0 Å². The van der Waals surface area contributed by atoms with E-state index in [1.54, 1.807) is 11.3 Å². The second kappa shape index (κ2) is 6.12. The average Bonchev–Trinajstić information content (AvgIpc) is 2.99. The summed E-state index contributed by atoms with van der Waals surface area (Å²) in [5.74, 6) is -0.505. The van der Waals surface area contributed by atoms with E-state index in [1.807, 2.05) is 30.7 Å². The second-order valence-corrected chi connectivity index (χ2v) is 6.44. The number of benzene rings is 1. The molecule has 0 aliphatic carbocycles. The van der Waals surface area contributed by atoms with Crippen molar-refractivity contribution >= 4 is 17.2 Å². The van der Waals surface area contributed by atoms with Crippen LogP contribution in [0.3, 0.4) is 0 Å². The molecule has 2 rings (SSSR count). The summed E-state index contributed by atoms with van der Waals surface area (Å²) in [7, 11) is 0. The fourth-order valence-corrected chi connectivity index (χ4v) is 2.84. The Bertz CT molecular complexity index is 648. The molecule has 1 aromatic carbocycles. The fourth-order valence-electron chi connectivity index (χ4n) is 1.99. The first kappa shape index (κ1) is 16.5. The Balaban J connectivity index is 2.07. The number of hydrogen-bond acceptors (Lipinski definition) is 2. The van der Waals surface area contributed by atoms with E-state index in [-0.39, 0.29) is 11.0 Å². The van der Waals surface area contributed by atoms with Gasteiger partial charge in [0, 0.05) is 17.5 Å². The summed E-state index contributed by atoms with van der Waals surface area (Å²) in [6, 6.07) is 6.41. The van der Waals surface area contributed by atoms with Gasteiger partial charge >= 0.3 is 6.18 Å². The molecule has 22 heavy (non-hydrogen) atoms. The van der Waals surface area contributed by atoms with Crippen LogP contribution in [-0.4, -0.2) is 12.5 Å². The molecule has 1 amide bonds. The van der Waals surface area contributed by atoms with E-state index in [1.165, 1.54) is 12.1 Å². The molecule has 0 aliphatic rings. The SMILES string of the molecule is CC(C)(CNC(=O)c1cccc(C(F)(F)F)c1)c1ccsc1. The van der Waals surface area contributed by atoms with Crippen LogP contribution >= 0.6 is 11.3 Å². The molecule has 0 atom stereocenters. The molecule has 1 aromatic heterocycles. The molecule has 0 aliphatic heterocycles. The summed E-state index contributed by atoms with van der Waals surface area (Å²) in [5.41, 5.74) is -0.00728. The predicted octanol–water partition coefficient (Wildman–Crippen LogP) is 4.47. The Hall–Kier alpha value is -1.82. The first-order chi connectivity index (χ1) is 10.2. The van der Waals surface area contributed by atoms with E-state index in [0.29, 0.717) is 6.54 Å². The van der Waals surface area contributed by atoms with Gasteiger partial charge in [0.1, 0.15) is 0 Å². The molecule has 0 spiro atoms. The zero-order valence-electron chi connectivity index (χ0n) is 12.2. The van der Waals surface area contributed by atoms with Crippen molar-refractivity contribution in [3.8, 4) is 0 Å². The smallest absolute Gasteiger partial charge is 0.351 e. The summed E-state index contributed by atoms with van der Waals surface area (Å²) in [5, 5.41) is 6.65. The van der Waals surface area contributed by atoms with Crippen LogP contribution in [0.25, 0.3) is 0 Å². The highest BCUT2D eigenvalue weighted by molar-refractivity contribution is 7.08. The monoisotopic (exact) mass is 327 g/mol. The van der Waals surface area contributed by atoms with Crippen molar-refractivity contribution in [2.75, 3.05) is 6.54 Å². The maximum Gasteiger partial charge on any atom is 0.416 e. The highest BCUT2D eigenvalue weighted by Crippen LogP contribution is 2.29. The van der Waals surface area contributed by atoms with Gasteiger partial charge in [-0.15, -0.1) is 0 Å². The van der Waals surface area contributed by atoms with Crippen LogP contribution in [0.2, 0.25) is 0 Å². The predicted molar refractivity (Wildman–Crippen MR) is 81.1 cm³/mol. The molecule has 0 bridgehead atoms. The molecular weight excluding hydrogens is 311 g/mol. The van der Waals surface area contributed by atoms with Crippen molar-refractivity contribution in [1.29, 1.82) is 0 Å². The van der Waals surface area contributed by atoms with Crippen molar-refractivity contribution in [3.05, 3.63) is 57.8 Å². The minimum absolute atomic E-state index is 0.0101. The fraction of sp³-hybridized carbons (Fsp3) is 0.312. The van der Waals surface area contributed by atoms with E-state index in [0.717, 1.165) is 17.7 Å². The first-order valence-corrected chi connectivity index (χ1v) is 7.62. The maximum absolute atomic E-state index is 12.7. The minimum Gasteiger partial charge on any atom is -0.351 e. The van der Waals surface area contributed by atoms with Gasteiger partial charge in [-0.3, -0.25) is 4.79 Å². The van der Waals surface area contributed by atoms with Gasteiger partial charge in [-0.05, 0) is 40.6 Å². The summed E-state index contributed by atoms with van der Waals surface area (Å²) in [6.07, 6.45) is -4.45. The Labute approximate surface area is 131 Å². The van der Waals surface area contributed by atoms with Gasteiger partial charge in [0.05, 0.1) is 5.56 Å². The van der Waals surface area contributed by atoms with Crippen LogP contribution in [0.5, 0.6) is 0 Å². The number of rotatable bonds is 4. The number of carbonyl (C=O) groups excluding carboxylic acids is 1. The van der Waals surface area contributed by atoms with Crippen molar-refractivity contribution in [2.45, 2.75) is 25.4 Å². The summed E-state index contributed by atoms with van der Waals surface area (Å²) in [4.78, 5) is 12.1. The van der Waals surface area contributed by atoms with Crippen LogP contribution in [0.1, 0.15) is 35.3 Å². The lowest BCUT2D eigenvalue weighted by Crippen LogP contribution is -2.36. The minimum atomic E-state index is -4.45. The quantitative estimate of drug-likeness (QED) is 0.882. The summed E-state index contributed by atoms with van der Waals surface area (Å²) >= 11 is 1.56. The number of hydrogen-bond donors (Lipinski definition) is 1. The molecule has 2 aromatic rings. The molecular formula is C16H16F3NOS. The standard InChI is InChI=1S/C16H16F3NOS/c1-15(2,13-6-7-22-9-13)10-20-14(21)11-4-3-5-12(8-11)16(17,18)19/h3-9H,10H2,1-2H3,(H,20,21). The molecule has 118 valence electrons. The maximum atomic E-state index is 12.7.